The average Bonchev–Trinajstić information content (AvgIpc) is 2.08. The van der Waals surface area contributed by atoms with Crippen molar-refractivity contribution < 1.29 is 0 Å². The fourth-order valence-corrected chi connectivity index (χ4v) is 1.37. The quantitative estimate of drug-likeness (QED) is 0.744. The molecule has 0 heterocycles. The van der Waals surface area contributed by atoms with Crippen LogP contribution in [0.4, 0.5) is 0 Å². The Hall–Kier alpha value is -0.890. The van der Waals surface area contributed by atoms with E-state index in [0.29, 0.717) is 4.99 Å². The van der Waals surface area contributed by atoms with Crippen molar-refractivity contribution in [1.82, 2.24) is 0 Å². The van der Waals surface area contributed by atoms with Crippen LogP contribution in [0.2, 0.25) is 0 Å². The maximum Gasteiger partial charge on any atom is 0.0727 e. The third-order valence-corrected chi connectivity index (χ3v) is 2.21. The molecule has 0 aromatic heterocycles. The van der Waals surface area contributed by atoms with Crippen LogP contribution in [0.1, 0.15) is 24.0 Å². The fraction of sp³-hybridized carbons (Fsp3) is 0.364. The molecule has 0 aliphatic heterocycles. The minimum atomic E-state index is 0.618. The molecule has 1 nitrogen and oxygen atoms in total. The van der Waals surface area contributed by atoms with E-state index in [-0.39, 0.29) is 0 Å². The van der Waals surface area contributed by atoms with Gasteiger partial charge in [0.05, 0.1) is 4.99 Å². The molecule has 0 spiro atoms. The van der Waals surface area contributed by atoms with Crippen molar-refractivity contribution in [3.05, 3.63) is 35.4 Å². The first-order chi connectivity index (χ1) is 6.18. The van der Waals surface area contributed by atoms with Crippen LogP contribution in [0.15, 0.2) is 24.3 Å². The molecule has 0 aliphatic carbocycles. The smallest absolute Gasteiger partial charge is 0.0727 e. The van der Waals surface area contributed by atoms with Crippen molar-refractivity contribution in [2.45, 2.75) is 26.2 Å². The normalized spacial score (nSPS) is 9.92. The standard InChI is InChI=1S/C11H15NS/c1-9-5-7-10(8-6-9)3-2-4-11(12)13/h5-8H,2-4H2,1H3,(H2,12,13). The van der Waals surface area contributed by atoms with Crippen LogP contribution in [-0.4, -0.2) is 4.99 Å². The minimum Gasteiger partial charge on any atom is -0.393 e. The van der Waals surface area contributed by atoms with Crippen molar-refractivity contribution in [3.8, 4) is 0 Å². The molecule has 0 amide bonds. The molecule has 2 heteroatoms. The van der Waals surface area contributed by atoms with Crippen LogP contribution >= 0.6 is 12.2 Å². The van der Waals surface area contributed by atoms with Crippen molar-refractivity contribution in [2.24, 2.45) is 5.73 Å². The Balaban J connectivity index is 2.37. The molecule has 0 fully saturated rings. The molecule has 0 saturated heterocycles. The molecular weight excluding hydrogens is 178 g/mol. The van der Waals surface area contributed by atoms with E-state index in [1.165, 1.54) is 11.1 Å². The van der Waals surface area contributed by atoms with Gasteiger partial charge in [0.15, 0.2) is 0 Å². The Morgan fingerprint density at radius 1 is 1.31 bits per heavy atom. The summed E-state index contributed by atoms with van der Waals surface area (Å²) in [5.74, 6) is 0. The third kappa shape index (κ3) is 4.04. The van der Waals surface area contributed by atoms with Gasteiger partial charge in [-0.2, -0.15) is 0 Å². The van der Waals surface area contributed by atoms with Crippen LogP contribution in [0, 0.1) is 6.92 Å². The summed E-state index contributed by atoms with van der Waals surface area (Å²) in [6.07, 6.45) is 2.97. The van der Waals surface area contributed by atoms with E-state index in [9.17, 15) is 0 Å². The van der Waals surface area contributed by atoms with E-state index in [0.717, 1.165) is 19.3 Å². The van der Waals surface area contributed by atoms with Gasteiger partial charge in [-0.1, -0.05) is 42.0 Å². The van der Waals surface area contributed by atoms with Crippen LogP contribution in [0.25, 0.3) is 0 Å². The zero-order valence-corrected chi connectivity index (χ0v) is 8.73. The van der Waals surface area contributed by atoms with Crippen molar-refractivity contribution in [1.29, 1.82) is 0 Å². The molecule has 0 radical (unpaired) electrons. The van der Waals surface area contributed by atoms with Gasteiger partial charge in [0.2, 0.25) is 0 Å². The molecule has 1 aromatic rings. The SMILES string of the molecule is Cc1ccc(CCCC(N)=S)cc1. The number of hydrogen-bond acceptors (Lipinski definition) is 1. The number of benzene rings is 1. The molecule has 1 rings (SSSR count). The van der Waals surface area contributed by atoms with Gasteiger partial charge in [0, 0.05) is 0 Å². The first-order valence-electron chi connectivity index (χ1n) is 4.52. The topological polar surface area (TPSA) is 26.0 Å². The van der Waals surface area contributed by atoms with E-state index >= 15 is 0 Å². The molecular formula is C11H15NS. The van der Waals surface area contributed by atoms with Crippen LogP contribution in [-0.2, 0) is 6.42 Å². The van der Waals surface area contributed by atoms with Gasteiger partial charge in [0.1, 0.15) is 0 Å². The Morgan fingerprint density at radius 2 is 1.92 bits per heavy atom. The molecule has 1 aromatic carbocycles. The summed E-state index contributed by atoms with van der Waals surface area (Å²) < 4.78 is 0. The van der Waals surface area contributed by atoms with Gasteiger partial charge in [-0.05, 0) is 31.7 Å². The van der Waals surface area contributed by atoms with Gasteiger partial charge < -0.3 is 5.73 Å². The largest absolute Gasteiger partial charge is 0.393 e. The summed E-state index contributed by atoms with van der Waals surface area (Å²) in [6, 6.07) is 8.59. The maximum absolute atomic E-state index is 5.41. The highest BCUT2D eigenvalue weighted by atomic mass is 32.1. The predicted molar refractivity (Wildman–Crippen MR) is 60.9 cm³/mol. The summed E-state index contributed by atoms with van der Waals surface area (Å²) in [5.41, 5.74) is 8.08. The lowest BCUT2D eigenvalue weighted by Crippen LogP contribution is -2.07. The second kappa shape index (κ2) is 4.97. The minimum absolute atomic E-state index is 0.618. The highest BCUT2D eigenvalue weighted by molar-refractivity contribution is 7.80. The number of rotatable bonds is 4. The highest BCUT2D eigenvalue weighted by Crippen LogP contribution is 2.06. The number of thiocarbonyl (C=S) groups is 1. The van der Waals surface area contributed by atoms with Gasteiger partial charge in [-0.25, -0.2) is 0 Å². The molecule has 0 saturated carbocycles. The third-order valence-electron chi connectivity index (χ3n) is 2.01. The molecule has 0 bridgehead atoms. The average molecular weight is 193 g/mol. The van der Waals surface area contributed by atoms with Gasteiger partial charge in [-0.15, -0.1) is 0 Å². The maximum atomic E-state index is 5.41. The second-order valence-electron chi connectivity index (χ2n) is 3.31. The molecule has 13 heavy (non-hydrogen) atoms. The van der Waals surface area contributed by atoms with Crippen LogP contribution in [0.3, 0.4) is 0 Å². The molecule has 2 N–H and O–H groups in total. The first-order valence-corrected chi connectivity index (χ1v) is 4.93. The lowest BCUT2D eigenvalue weighted by atomic mass is 10.1. The first kappa shape index (κ1) is 10.2. The summed E-state index contributed by atoms with van der Waals surface area (Å²) in [4.78, 5) is 0.618. The highest BCUT2D eigenvalue weighted by Gasteiger charge is 1.94. The van der Waals surface area contributed by atoms with Gasteiger partial charge in [0.25, 0.3) is 0 Å². The Morgan fingerprint density at radius 3 is 2.46 bits per heavy atom. The molecule has 0 aliphatic rings. The Bertz CT molecular complexity index is 277. The second-order valence-corrected chi connectivity index (χ2v) is 3.83. The summed E-state index contributed by atoms with van der Waals surface area (Å²) >= 11 is 4.81. The van der Waals surface area contributed by atoms with E-state index in [2.05, 4.69) is 31.2 Å². The zero-order chi connectivity index (χ0) is 9.68. The zero-order valence-electron chi connectivity index (χ0n) is 7.92. The predicted octanol–water partition coefficient (Wildman–Crippen LogP) is 2.60. The van der Waals surface area contributed by atoms with Gasteiger partial charge in [-0.3, -0.25) is 0 Å². The molecule has 0 unspecified atom stereocenters. The monoisotopic (exact) mass is 193 g/mol. The van der Waals surface area contributed by atoms with Crippen LogP contribution in [0.5, 0.6) is 0 Å². The summed E-state index contributed by atoms with van der Waals surface area (Å²) in [7, 11) is 0. The van der Waals surface area contributed by atoms with Crippen molar-refractivity contribution in [3.63, 3.8) is 0 Å². The van der Waals surface area contributed by atoms with E-state index in [4.69, 9.17) is 18.0 Å². The van der Waals surface area contributed by atoms with E-state index in [1.807, 2.05) is 0 Å². The van der Waals surface area contributed by atoms with E-state index < -0.39 is 0 Å². The number of aryl methyl sites for hydroxylation is 2. The molecule has 0 atom stereocenters. The number of hydrogen-bond donors (Lipinski definition) is 1. The van der Waals surface area contributed by atoms with Gasteiger partial charge >= 0.3 is 0 Å². The lowest BCUT2D eigenvalue weighted by molar-refractivity contribution is 0.867. The Labute approximate surface area is 85.0 Å². The fourth-order valence-electron chi connectivity index (χ4n) is 1.22. The van der Waals surface area contributed by atoms with Crippen molar-refractivity contribution >= 4 is 17.2 Å². The molecule has 70 valence electrons. The summed E-state index contributed by atoms with van der Waals surface area (Å²) in [6.45, 7) is 2.10. The van der Waals surface area contributed by atoms with E-state index in [1.54, 1.807) is 0 Å². The lowest BCUT2D eigenvalue weighted by Gasteiger charge is -2.00. The summed E-state index contributed by atoms with van der Waals surface area (Å²) in [5, 5.41) is 0. The number of nitrogens with two attached hydrogens (primary N) is 1. The van der Waals surface area contributed by atoms with Crippen molar-refractivity contribution in [2.75, 3.05) is 0 Å². The Kier molecular flexibility index (Phi) is 3.90. The van der Waals surface area contributed by atoms with Crippen LogP contribution < -0.4 is 5.73 Å².